The third kappa shape index (κ3) is 10.7. The summed E-state index contributed by atoms with van der Waals surface area (Å²) in [7, 11) is -4.64. The van der Waals surface area contributed by atoms with Gasteiger partial charge >= 0.3 is 7.82 Å². The van der Waals surface area contributed by atoms with E-state index in [1.165, 1.54) is 6.07 Å². The molecule has 0 aromatic heterocycles. The Morgan fingerprint density at radius 2 is 1.73 bits per heavy atom. The lowest BCUT2D eigenvalue weighted by Gasteiger charge is -2.23. The van der Waals surface area contributed by atoms with E-state index in [2.05, 4.69) is 5.32 Å². The highest BCUT2D eigenvalue weighted by Gasteiger charge is 2.14. The number of benzene rings is 1. The summed E-state index contributed by atoms with van der Waals surface area (Å²) in [6, 6.07) is 4.76. The molecular weight excluding hydrogens is 313 g/mol. The molecule has 0 fully saturated rings. The van der Waals surface area contributed by atoms with Gasteiger partial charge in [-0.15, -0.1) is 0 Å². The fourth-order valence-electron chi connectivity index (χ4n) is 1.46. The second kappa shape index (κ2) is 8.59. The topological polar surface area (TPSA) is 150 Å². The van der Waals surface area contributed by atoms with Crippen LogP contribution in [0.1, 0.15) is 38.0 Å². The highest BCUT2D eigenvalue weighted by Crippen LogP contribution is 2.25. The molecule has 1 atom stereocenters. The monoisotopic (exact) mass is 337 g/mol. The number of aliphatic hydroxyl groups is 2. The summed E-state index contributed by atoms with van der Waals surface area (Å²) in [6.45, 7) is 6.26. The molecule has 1 rings (SSSR count). The Labute approximate surface area is 129 Å². The molecule has 0 unspecified atom stereocenters. The van der Waals surface area contributed by atoms with Crippen molar-refractivity contribution < 1.29 is 34.6 Å². The van der Waals surface area contributed by atoms with E-state index < -0.39 is 13.9 Å². The molecule has 0 aliphatic rings. The molecular formula is C13H24NO7P. The van der Waals surface area contributed by atoms with Crippen LogP contribution in [0.2, 0.25) is 0 Å². The van der Waals surface area contributed by atoms with E-state index in [1.54, 1.807) is 12.1 Å². The largest absolute Gasteiger partial charge is 0.508 e. The lowest BCUT2D eigenvalue weighted by molar-refractivity contribution is 0.163. The molecule has 0 saturated heterocycles. The molecule has 0 amide bonds. The van der Waals surface area contributed by atoms with Gasteiger partial charge in [-0.1, -0.05) is 6.07 Å². The van der Waals surface area contributed by atoms with Crippen molar-refractivity contribution in [3.63, 3.8) is 0 Å². The molecule has 1 aromatic carbocycles. The number of β-amino-alcohol motifs (C(OH)–C–C–N with tert-alkyl or cyclic N) is 1. The van der Waals surface area contributed by atoms with Gasteiger partial charge in [0.1, 0.15) is 5.75 Å². The van der Waals surface area contributed by atoms with Gasteiger partial charge in [-0.3, -0.25) is 0 Å². The Kier molecular flexibility index (Phi) is 8.21. The number of aromatic hydroxyl groups is 1. The summed E-state index contributed by atoms with van der Waals surface area (Å²) in [6.07, 6.45) is -0.653. The van der Waals surface area contributed by atoms with Crippen LogP contribution in [0.5, 0.6) is 5.75 Å². The molecule has 0 aliphatic heterocycles. The van der Waals surface area contributed by atoms with Crippen LogP contribution >= 0.6 is 7.82 Å². The molecule has 0 spiro atoms. The molecule has 0 heterocycles. The average molecular weight is 337 g/mol. The van der Waals surface area contributed by atoms with E-state index in [-0.39, 0.29) is 17.9 Å². The highest BCUT2D eigenvalue weighted by atomic mass is 31.2. The first-order valence-corrected chi connectivity index (χ1v) is 8.04. The van der Waals surface area contributed by atoms with Gasteiger partial charge in [-0.2, -0.15) is 0 Å². The van der Waals surface area contributed by atoms with Crippen LogP contribution in [-0.4, -0.2) is 42.1 Å². The Bertz CT molecular complexity index is 501. The van der Waals surface area contributed by atoms with Crippen molar-refractivity contribution in [1.82, 2.24) is 5.32 Å². The van der Waals surface area contributed by atoms with Gasteiger partial charge < -0.3 is 35.3 Å². The second-order valence-electron chi connectivity index (χ2n) is 5.71. The zero-order valence-corrected chi connectivity index (χ0v) is 13.7. The van der Waals surface area contributed by atoms with Gasteiger partial charge in [0, 0.05) is 17.6 Å². The molecule has 8 nitrogen and oxygen atoms in total. The second-order valence-corrected chi connectivity index (χ2v) is 6.73. The third-order valence-electron chi connectivity index (χ3n) is 2.48. The first kappa shape index (κ1) is 21.0. The number of aliphatic hydroxyl groups excluding tert-OH is 2. The summed E-state index contributed by atoms with van der Waals surface area (Å²) in [4.78, 5) is 21.6. The number of hydrogen-bond donors (Lipinski definition) is 7. The summed E-state index contributed by atoms with van der Waals surface area (Å²) < 4.78 is 8.88. The average Bonchev–Trinajstić information content (AvgIpc) is 2.33. The number of phosphoric acid groups is 1. The van der Waals surface area contributed by atoms with Gasteiger partial charge in [-0.25, -0.2) is 4.57 Å². The standard InChI is InChI=1S/C13H21NO3.H3O4P/c1-13(2,3)14-7-12(17)9-4-5-11(16)10(6-9)8-15;1-5(2,3)4/h4-6,12,14-17H,7-8H2,1-3H3;(H3,1,2,3,4)/t12-;/m0./s1. The summed E-state index contributed by atoms with van der Waals surface area (Å²) >= 11 is 0. The Balaban J connectivity index is 0.000000763. The molecule has 9 heteroatoms. The van der Waals surface area contributed by atoms with Crippen LogP contribution in [0.25, 0.3) is 0 Å². The Morgan fingerprint density at radius 1 is 1.23 bits per heavy atom. The Morgan fingerprint density at radius 3 is 2.14 bits per heavy atom. The predicted molar refractivity (Wildman–Crippen MR) is 81.0 cm³/mol. The first-order chi connectivity index (χ1) is 9.83. The first-order valence-electron chi connectivity index (χ1n) is 6.47. The van der Waals surface area contributed by atoms with E-state index in [1.807, 2.05) is 20.8 Å². The van der Waals surface area contributed by atoms with Crippen LogP contribution in [-0.2, 0) is 11.2 Å². The molecule has 0 aliphatic carbocycles. The quantitative estimate of drug-likeness (QED) is 0.390. The fourth-order valence-corrected chi connectivity index (χ4v) is 1.46. The summed E-state index contributed by atoms with van der Waals surface area (Å²) in [5, 5.41) is 31.6. The van der Waals surface area contributed by atoms with Gasteiger partial charge in [0.15, 0.2) is 0 Å². The zero-order valence-electron chi connectivity index (χ0n) is 12.8. The normalized spacial score (nSPS) is 13.3. The lowest BCUT2D eigenvalue weighted by atomic mass is 10.0. The van der Waals surface area contributed by atoms with Gasteiger partial charge in [0.2, 0.25) is 0 Å². The molecule has 0 bridgehead atoms. The number of nitrogens with one attached hydrogen (secondary N) is 1. The predicted octanol–water partition coefficient (Wildman–Crippen LogP) is 0.377. The molecule has 0 saturated carbocycles. The summed E-state index contributed by atoms with van der Waals surface area (Å²) in [5.41, 5.74) is 1.05. The maximum Gasteiger partial charge on any atom is 0.466 e. The maximum atomic E-state index is 9.97. The van der Waals surface area contributed by atoms with Crippen molar-refractivity contribution in [2.24, 2.45) is 0 Å². The molecule has 0 radical (unpaired) electrons. The van der Waals surface area contributed by atoms with E-state index in [4.69, 9.17) is 24.4 Å². The number of hydrogen-bond acceptors (Lipinski definition) is 5. The van der Waals surface area contributed by atoms with Crippen LogP contribution in [0.15, 0.2) is 18.2 Å². The van der Waals surface area contributed by atoms with Gasteiger partial charge in [0.25, 0.3) is 0 Å². The molecule has 128 valence electrons. The van der Waals surface area contributed by atoms with Crippen molar-refractivity contribution in [2.45, 2.75) is 39.0 Å². The smallest absolute Gasteiger partial charge is 0.466 e. The SMILES string of the molecule is CC(C)(C)NC[C@H](O)c1ccc(O)c(CO)c1.O=P(O)(O)O. The van der Waals surface area contributed by atoms with Crippen molar-refractivity contribution >= 4 is 7.82 Å². The van der Waals surface area contributed by atoms with Crippen molar-refractivity contribution in [1.29, 1.82) is 0 Å². The van der Waals surface area contributed by atoms with E-state index in [9.17, 15) is 10.2 Å². The third-order valence-corrected chi connectivity index (χ3v) is 2.48. The zero-order chi connectivity index (χ0) is 17.6. The number of rotatable bonds is 4. The molecule has 7 N–H and O–H groups in total. The van der Waals surface area contributed by atoms with E-state index in [0.717, 1.165) is 0 Å². The van der Waals surface area contributed by atoms with Gasteiger partial charge in [0.05, 0.1) is 12.7 Å². The molecule has 1 aromatic rings. The Hall–Kier alpha value is -0.990. The summed E-state index contributed by atoms with van der Waals surface area (Å²) in [5.74, 6) is 0.0484. The maximum absolute atomic E-state index is 9.97. The minimum absolute atomic E-state index is 0.0484. The van der Waals surface area contributed by atoms with Crippen molar-refractivity contribution in [3.8, 4) is 5.75 Å². The van der Waals surface area contributed by atoms with Crippen LogP contribution in [0.4, 0.5) is 0 Å². The van der Waals surface area contributed by atoms with Crippen LogP contribution in [0, 0.1) is 0 Å². The van der Waals surface area contributed by atoms with Crippen molar-refractivity contribution in [3.05, 3.63) is 29.3 Å². The van der Waals surface area contributed by atoms with Gasteiger partial charge in [-0.05, 0) is 38.5 Å². The van der Waals surface area contributed by atoms with Crippen LogP contribution in [0.3, 0.4) is 0 Å². The van der Waals surface area contributed by atoms with Crippen molar-refractivity contribution in [2.75, 3.05) is 6.54 Å². The highest BCUT2D eigenvalue weighted by molar-refractivity contribution is 7.45. The lowest BCUT2D eigenvalue weighted by Crippen LogP contribution is -2.38. The van der Waals surface area contributed by atoms with Crippen LogP contribution < -0.4 is 5.32 Å². The fraction of sp³-hybridized carbons (Fsp3) is 0.538. The minimum Gasteiger partial charge on any atom is -0.508 e. The van der Waals surface area contributed by atoms with E-state index in [0.29, 0.717) is 17.7 Å². The molecule has 22 heavy (non-hydrogen) atoms. The van der Waals surface area contributed by atoms with E-state index >= 15 is 0 Å². The number of phenols is 1. The minimum atomic E-state index is -4.64.